The van der Waals surface area contributed by atoms with Crippen LogP contribution in [0, 0.1) is 11.5 Å². The molecule has 0 bridgehead atoms. The fraction of sp³-hybridized carbons (Fsp3) is 0.588. The molecule has 0 spiro atoms. The van der Waals surface area contributed by atoms with Gasteiger partial charge in [0, 0.05) is 0 Å². The molecule has 0 saturated heterocycles. The summed E-state index contributed by atoms with van der Waals surface area (Å²) < 4.78 is 5.20. The Bertz CT molecular complexity index is 425. The third kappa shape index (κ3) is 3.10. The lowest BCUT2D eigenvalue weighted by atomic mass is 10.0. The molecule has 1 aromatic rings. The van der Waals surface area contributed by atoms with Gasteiger partial charge in [0.25, 0.3) is 6.26 Å². The summed E-state index contributed by atoms with van der Waals surface area (Å²) in [6, 6.07) is 2.34. The quantitative estimate of drug-likeness (QED) is 0.692. The Morgan fingerprint density at radius 3 is 1.79 bits per heavy atom. The normalized spacial score (nSPS) is 14.1. The molecule has 0 amide bonds. The van der Waals surface area contributed by atoms with Crippen LogP contribution in [-0.2, 0) is 25.7 Å². The van der Waals surface area contributed by atoms with E-state index in [9.17, 15) is 0 Å². The molecule has 0 N–H and O–H groups in total. The van der Waals surface area contributed by atoms with Crippen molar-refractivity contribution in [1.29, 1.82) is 5.26 Å². The minimum absolute atomic E-state index is 0.903. The topological polar surface area (TPSA) is 33.0 Å². The number of nitriles is 1. The standard InChI is InChI=1S/C13H13NO.2C2H6/c14-8-15-13-11-5-1-3-9(11)7-10-4-2-6-12(10)13;2*1-2/h7H,1-6H2;2*1-2H3. The molecule has 2 aliphatic rings. The second kappa shape index (κ2) is 7.84. The first-order chi connectivity index (χ1) is 9.40. The molecule has 1 aromatic carbocycles. The molecule has 2 nitrogen and oxygen atoms in total. The molecular weight excluding hydrogens is 234 g/mol. The smallest absolute Gasteiger partial charge is 0.292 e. The number of nitrogens with zero attached hydrogens (tertiary/aromatic N) is 1. The molecule has 0 unspecified atom stereocenters. The Morgan fingerprint density at radius 1 is 0.895 bits per heavy atom. The van der Waals surface area contributed by atoms with Crippen molar-refractivity contribution in [2.24, 2.45) is 0 Å². The van der Waals surface area contributed by atoms with E-state index in [2.05, 4.69) is 6.07 Å². The van der Waals surface area contributed by atoms with E-state index in [0.717, 1.165) is 31.4 Å². The second-order valence-corrected chi connectivity index (χ2v) is 4.38. The summed E-state index contributed by atoms with van der Waals surface area (Å²) in [5, 5.41) is 8.71. The summed E-state index contributed by atoms with van der Waals surface area (Å²) in [6.45, 7) is 8.00. The Labute approximate surface area is 117 Å². The molecule has 0 atom stereocenters. The van der Waals surface area contributed by atoms with Crippen LogP contribution in [0.2, 0.25) is 0 Å². The zero-order chi connectivity index (χ0) is 14.3. The van der Waals surface area contributed by atoms with Crippen LogP contribution in [0.1, 0.15) is 62.8 Å². The van der Waals surface area contributed by atoms with Crippen molar-refractivity contribution < 1.29 is 4.74 Å². The number of benzene rings is 1. The van der Waals surface area contributed by atoms with Gasteiger partial charge < -0.3 is 4.74 Å². The summed E-state index contributed by atoms with van der Waals surface area (Å²) in [5.74, 6) is 0.903. The van der Waals surface area contributed by atoms with Gasteiger partial charge in [0.15, 0.2) is 0 Å². The molecule has 0 radical (unpaired) electrons. The molecule has 0 saturated carbocycles. The summed E-state index contributed by atoms with van der Waals surface area (Å²) in [5.41, 5.74) is 5.44. The largest absolute Gasteiger partial charge is 0.387 e. The minimum atomic E-state index is 0.903. The van der Waals surface area contributed by atoms with Gasteiger partial charge in [-0.2, -0.15) is 0 Å². The van der Waals surface area contributed by atoms with E-state index in [1.54, 1.807) is 0 Å². The fourth-order valence-electron chi connectivity index (χ4n) is 2.93. The first-order valence-electron chi connectivity index (χ1n) is 7.62. The van der Waals surface area contributed by atoms with Crippen molar-refractivity contribution in [3.8, 4) is 12.0 Å². The van der Waals surface area contributed by atoms with Crippen LogP contribution in [0.15, 0.2) is 6.07 Å². The van der Waals surface area contributed by atoms with Crippen LogP contribution in [0.4, 0.5) is 0 Å². The molecule has 3 rings (SSSR count). The van der Waals surface area contributed by atoms with Crippen LogP contribution in [0.3, 0.4) is 0 Å². The number of rotatable bonds is 1. The number of ether oxygens (including phenoxy) is 1. The van der Waals surface area contributed by atoms with Crippen LogP contribution < -0.4 is 4.74 Å². The summed E-state index contributed by atoms with van der Waals surface area (Å²) in [7, 11) is 0. The van der Waals surface area contributed by atoms with Gasteiger partial charge in [-0.3, -0.25) is 0 Å². The lowest BCUT2D eigenvalue weighted by Crippen LogP contribution is -1.97. The first-order valence-corrected chi connectivity index (χ1v) is 7.62. The lowest BCUT2D eigenvalue weighted by molar-refractivity contribution is 0.495. The van der Waals surface area contributed by atoms with Crippen LogP contribution in [0.5, 0.6) is 5.75 Å². The lowest BCUT2D eigenvalue weighted by Gasteiger charge is -2.11. The summed E-state index contributed by atoms with van der Waals surface area (Å²) >= 11 is 0. The fourth-order valence-corrected chi connectivity index (χ4v) is 2.93. The van der Waals surface area contributed by atoms with Gasteiger partial charge in [0.2, 0.25) is 0 Å². The van der Waals surface area contributed by atoms with Crippen molar-refractivity contribution in [2.75, 3.05) is 0 Å². The van der Waals surface area contributed by atoms with Crippen LogP contribution in [0.25, 0.3) is 0 Å². The Kier molecular flexibility index (Phi) is 6.42. The van der Waals surface area contributed by atoms with Gasteiger partial charge in [-0.05, 0) is 60.8 Å². The number of aryl methyl sites for hydroxylation is 2. The maximum Gasteiger partial charge on any atom is 0.292 e. The first kappa shape index (κ1) is 15.6. The van der Waals surface area contributed by atoms with Crippen molar-refractivity contribution in [3.05, 3.63) is 28.3 Å². The average molecular weight is 259 g/mol. The average Bonchev–Trinajstić information content (AvgIpc) is 3.11. The zero-order valence-electron chi connectivity index (χ0n) is 12.7. The van der Waals surface area contributed by atoms with Crippen molar-refractivity contribution in [3.63, 3.8) is 0 Å². The highest BCUT2D eigenvalue weighted by Gasteiger charge is 2.25. The van der Waals surface area contributed by atoms with E-state index in [1.165, 1.54) is 35.1 Å². The van der Waals surface area contributed by atoms with E-state index in [0.29, 0.717) is 0 Å². The highest BCUT2D eigenvalue weighted by atomic mass is 16.5. The van der Waals surface area contributed by atoms with Crippen molar-refractivity contribution >= 4 is 0 Å². The van der Waals surface area contributed by atoms with Gasteiger partial charge in [-0.1, -0.05) is 33.8 Å². The van der Waals surface area contributed by atoms with Crippen LogP contribution in [-0.4, -0.2) is 0 Å². The van der Waals surface area contributed by atoms with Gasteiger partial charge in [0.05, 0.1) is 0 Å². The van der Waals surface area contributed by atoms with E-state index < -0.39 is 0 Å². The number of fused-ring (bicyclic) bond motifs is 2. The summed E-state index contributed by atoms with van der Waals surface area (Å²) in [4.78, 5) is 0. The molecule has 0 aromatic heterocycles. The van der Waals surface area contributed by atoms with Crippen molar-refractivity contribution in [1.82, 2.24) is 0 Å². The van der Waals surface area contributed by atoms with Gasteiger partial charge >= 0.3 is 0 Å². The predicted octanol–water partition coefficient (Wildman–Crippen LogP) is 4.58. The summed E-state index contributed by atoms with van der Waals surface area (Å²) in [6.07, 6.45) is 8.74. The Hall–Kier alpha value is -1.49. The highest BCUT2D eigenvalue weighted by Crippen LogP contribution is 2.39. The second-order valence-electron chi connectivity index (χ2n) is 4.38. The molecule has 19 heavy (non-hydrogen) atoms. The highest BCUT2D eigenvalue weighted by molar-refractivity contribution is 5.54. The molecule has 2 aliphatic carbocycles. The SMILES string of the molecule is CC.CC.N#COc1c2c(cc3c1CCC3)CCC2. The third-order valence-electron chi connectivity index (χ3n) is 3.57. The molecule has 104 valence electrons. The Balaban J connectivity index is 0.000000415. The monoisotopic (exact) mass is 259 g/mol. The molecule has 0 heterocycles. The molecule has 0 aliphatic heterocycles. The minimum Gasteiger partial charge on any atom is -0.387 e. The molecular formula is C17H25NO. The van der Waals surface area contributed by atoms with Crippen molar-refractivity contribution in [2.45, 2.75) is 66.2 Å². The van der Waals surface area contributed by atoms with Gasteiger partial charge in [0.1, 0.15) is 5.75 Å². The van der Waals surface area contributed by atoms with Crippen LogP contribution >= 0.6 is 0 Å². The third-order valence-corrected chi connectivity index (χ3v) is 3.57. The predicted molar refractivity (Wildman–Crippen MR) is 79.4 cm³/mol. The maximum atomic E-state index is 8.71. The van der Waals surface area contributed by atoms with Gasteiger partial charge in [-0.25, -0.2) is 0 Å². The van der Waals surface area contributed by atoms with E-state index in [1.807, 2.05) is 34.0 Å². The Morgan fingerprint density at radius 2 is 1.37 bits per heavy atom. The molecule has 2 heteroatoms. The van der Waals surface area contributed by atoms with Gasteiger partial charge in [-0.15, -0.1) is 5.26 Å². The zero-order valence-corrected chi connectivity index (χ0v) is 12.7. The van der Waals surface area contributed by atoms with E-state index >= 15 is 0 Å². The molecule has 0 fully saturated rings. The van der Waals surface area contributed by atoms with E-state index in [-0.39, 0.29) is 0 Å². The number of hydrogen-bond donors (Lipinski definition) is 0. The number of hydrogen-bond acceptors (Lipinski definition) is 2. The van der Waals surface area contributed by atoms with E-state index in [4.69, 9.17) is 10.00 Å². The maximum absolute atomic E-state index is 8.71.